The van der Waals surface area contributed by atoms with Gasteiger partial charge in [-0.3, -0.25) is 9.59 Å². The second-order valence-electron chi connectivity index (χ2n) is 4.41. The third kappa shape index (κ3) is 3.77. The van der Waals surface area contributed by atoms with Crippen LogP contribution in [0.25, 0.3) is 0 Å². The number of benzene rings is 1. The van der Waals surface area contributed by atoms with E-state index in [4.69, 9.17) is 28.9 Å². The molecule has 2 amide bonds. The smallest absolute Gasteiger partial charge is 0.252 e. The highest BCUT2D eigenvalue weighted by Crippen LogP contribution is 2.29. The number of nitrogen functional groups attached to an aromatic ring is 1. The standard InChI is InChI=1S/C13H17Cl2N3O2/c1-4-18(3)13(20)7(2)17-12(19)8-5-9(14)11(15)10(16)6-8/h5-7H,4,16H2,1-3H3,(H,17,19). The molecule has 0 aliphatic carbocycles. The van der Waals surface area contributed by atoms with Crippen molar-refractivity contribution in [1.82, 2.24) is 10.2 Å². The van der Waals surface area contributed by atoms with Gasteiger partial charge in [0.15, 0.2) is 0 Å². The first kappa shape index (κ1) is 16.6. The Balaban J connectivity index is 2.84. The fourth-order valence-corrected chi connectivity index (χ4v) is 1.91. The van der Waals surface area contributed by atoms with Gasteiger partial charge in [0.1, 0.15) is 6.04 Å². The first-order valence-electron chi connectivity index (χ1n) is 6.08. The van der Waals surface area contributed by atoms with E-state index in [0.29, 0.717) is 6.54 Å². The summed E-state index contributed by atoms with van der Waals surface area (Å²) in [5.41, 5.74) is 6.12. The Bertz CT molecular complexity index is 511. The lowest BCUT2D eigenvalue weighted by Gasteiger charge is -2.20. The van der Waals surface area contributed by atoms with Crippen LogP contribution in [0.5, 0.6) is 0 Å². The zero-order valence-corrected chi connectivity index (χ0v) is 13.0. The van der Waals surface area contributed by atoms with Crippen molar-refractivity contribution in [1.29, 1.82) is 0 Å². The molecule has 110 valence electrons. The van der Waals surface area contributed by atoms with Crippen LogP contribution < -0.4 is 11.1 Å². The van der Waals surface area contributed by atoms with Crippen LogP contribution in [0.3, 0.4) is 0 Å². The van der Waals surface area contributed by atoms with Crippen LogP contribution in [0.1, 0.15) is 24.2 Å². The molecule has 0 aliphatic rings. The maximum absolute atomic E-state index is 12.0. The van der Waals surface area contributed by atoms with Crippen LogP contribution in [-0.2, 0) is 4.79 Å². The zero-order chi connectivity index (χ0) is 15.4. The van der Waals surface area contributed by atoms with E-state index in [9.17, 15) is 9.59 Å². The van der Waals surface area contributed by atoms with Crippen molar-refractivity contribution in [3.63, 3.8) is 0 Å². The van der Waals surface area contributed by atoms with Crippen LogP contribution in [0.15, 0.2) is 12.1 Å². The second kappa shape index (κ2) is 6.81. The van der Waals surface area contributed by atoms with Crippen molar-refractivity contribution >= 4 is 40.7 Å². The molecule has 7 heteroatoms. The first-order valence-corrected chi connectivity index (χ1v) is 6.83. The number of nitrogens with zero attached hydrogens (tertiary/aromatic N) is 1. The van der Waals surface area contributed by atoms with Gasteiger partial charge in [0, 0.05) is 19.2 Å². The third-order valence-electron chi connectivity index (χ3n) is 2.89. The normalized spacial score (nSPS) is 11.8. The minimum atomic E-state index is -0.636. The van der Waals surface area contributed by atoms with E-state index in [2.05, 4.69) is 5.32 Å². The number of amides is 2. The lowest BCUT2D eigenvalue weighted by molar-refractivity contribution is -0.131. The van der Waals surface area contributed by atoms with Crippen molar-refractivity contribution in [2.75, 3.05) is 19.3 Å². The summed E-state index contributed by atoms with van der Waals surface area (Å²) in [6.07, 6.45) is 0. The molecule has 0 saturated carbocycles. The molecule has 5 nitrogen and oxygen atoms in total. The van der Waals surface area contributed by atoms with E-state index < -0.39 is 11.9 Å². The van der Waals surface area contributed by atoms with Gasteiger partial charge >= 0.3 is 0 Å². The van der Waals surface area contributed by atoms with Gasteiger partial charge in [-0.05, 0) is 26.0 Å². The molecule has 0 fully saturated rings. The van der Waals surface area contributed by atoms with Crippen LogP contribution >= 0.6 is 23.2 Å². The van der Waals surface area contributed by atoms with E-state index in [1.165, 1.54) is 17.0 Å². The second-order valence-corrected chi connectivity index (χ2v) is 5.19. The van der Waals surface area contributed by atoms with Crippen molar-refractivity contribution in [3.8, 4) is 0 Å². The van der Waals surface area contributed by atoms with Crippen LogP contribution in [0.4, 0.5) is 5.69 Å². The molecule has 0 saturated heterocycles. The molecule has 1 atom stereocenters. The molecule has 1 unspecified atom stereocenters. The van der Waals surface area contributed by atoms with Crippen molar-refractivity contribution < 1.29 is 9.59 Å². The Morgan fingerprint density at radius 2 is 2.00 bits per heavy atom. The van der Waals surface area contributed by atoms with Crippen LogP contribution in [0, 0.1) is 0 Å². The predicted molar refractivity (Wildman–Crippen MR) is 81.1 cm³/mol. The number of carbonyl (C=O) groups excluding carboxylic acids is 2. The molecule has 0 aliphatic heterocycles. The number of halogens is 2. The number of rotatable bonds is 4. The van der Waals surface area contributed by atoms with Crippen LogP contribution in [0.2, 0.25) is 10.0 Å². The van der Waals surface area contributed by atoms with Gasteiger partial charge in [0.25, 0.3) is 5.91 Å². The molecule has 0 spiro atoms. The number of anilines is 1. The summed E-state index contributed by atoms with van der Waals surface area (Å²) >= 11 is 11.7. The monoisotopic (exact) mass is 317 g/mol. The molecule has 1 aromatic carbocycles. The van der Waals surface area contributed by atoms with Crippen molar-refractivity contribution in [3.05, 3.63) is 27.7 Å². The number of hydrogen-bond donors (Lipinski definition) is 2. The van der Waals surface area contributed by atoms with Gasteiger partial charge in [0.2, 0.25) is 5.91 Å². The highest BCUT2D eigenvalue weighted by molar-refractivity contribution is 6.43. The lowest BCUT2D eigenvalue weighted by Crippen LogP contribution is -2.45. The van der Waals surface area contributed by atoms with Crippen LogP contribution in [-0.4, -0.2) is 36.3 Å². The maximum Gasteiger partial charge on any atom is 0.252 e. The fourth-order valence-electron chi connectivity index (χ4n) is 1.57. The Morgan fingerprint density at radius 1 is 1.40 bits per heavy atom. The van der Waals surface area contributed by atoms with Gasteiger partial charge in [-0.25, -0.2) is 0 Å². The maximum atomic E-state index is 12.0. The molecule has 0 bridgehead atoms. The Labute approximate surface area is 128 Å². The van der Waals surface area contributed by atoms with Crippen molar-refractivity contribution in [2.45, 2.75) is 19.9 Å². The molecular formula is C13H17Cl2N3O2. The number of hydrogen-bond acceptors (Lipinski definition) is 3. The minimum Gasteiger partial charge on any atom is -0.397 e. The number of carbonyl (C=O) groups is 2. The fraction of sp³-hybridized carbons (Fsp3) is 0.385. The highest BCUT2D eigenvalue weighted by Gasteiger charge is 2.20. The molecule has 3 N–H and O–H groups in total. The Kier molecular flexibility index (Phi) is 5.65. The average molecular weight is 318 g/mol. The van der Waals surface area contributed by atoms with Gasteiger partial charge in [-0.15, -0.1) is 0 Å². The summed E-state index contributed by atoms with van der Waals surface area (Å²) < 4.78 is 0. The predicted octanol–water partition coefficient (Wildman–Crippen LogP) is 2.17. The summed E-state index contributed by atoms with van der Waals surface area (Å²) in [5.74, 6) is -0.602. The van der Waals surface area contributed by atoms with E-state index in [1.807, 2.05) is 6.92 Å². The molecule has 0 radical (unpaired) electrons. The van der Waals surface area contributed by atoms with Gasteiger partial charge < -0.3 is 16.0 Å². The van der Waals surface area contributed by atoms with Gasteiger partial charge in [0.05, 0.1) is 15.7 Å². The number of likely N-dealkylation sites (N-methyl/N-ethyl adjacent to an activating group) is 1. The zero-order valence-electron chi connectivity index (χ0n) is 11.5. The summed E-state index contributed by atoms with van der Waals surface area (Å²) in [6, 6.07) is 2.20. The van der Waals surface area contributed by atoms with Crippen molar-refractivity contribution in [2.24, 2.45) is 0 Å². The number of nitrogens with one attached hydrogen (secondary N) is 1. The molecule has 0 heterocycles. The summed E-state index contributed by atoms with van der Waals surface area (Å²) in [6.45, 7) is 4.04. The molecule has 1 rings (SSSR count). The minimum absolute atomic E-state index is 0.172. The highest BCUT2D eigenvalue weighted by atomic mass is 35.5. The molecular weight excluding hydrogens is 301 g/mol. The Hall–Kier alpha value is -1.46. The first-order chi connectivity index (χ1) is 9.27. The lowest BCUT2D eigenvalue weighted by atomic mass is 10.1. The van der Waals surface area contributed by atoms with Gasteiger partial charge in [-0.2, -0.15) is 0 Å². The molecule has 1 aromatic rings. The SMILES string of the molecule is CCN(C)C(=O)C(C)NC(=O)c1cc(N)c(Cl)c(Cl)c1. The van der Waals surface area contributed by atoms with Gasteiger partial charge in [-0.1, -0.05) is 23.2 Å². The summed E-state index contributed by atoms with van der Waals surface area (Å²) in [5, 5.41) is 3.00. The average Bonchev–Trinajstić information content (AvgIpc) is 2.42. The van der Waals surface area contributed by atoms with E-state index in [-0.39, 0.29) is 27.2 Å². The van der Waals surface area contributed by atoms with E-state index in [0.717, 1.165) is 0 Å². The van der Waals surface area contributed by atoms with E-state index in [1.54, 1.807) is 14.0 Å². The number of nitrogens with two attached hydrogens (primary N) is 1. The summed E-state index contributed by atoms with van der Waals surface area (Å²) in [4.78, 5) is 25.4. The topological polar surface area (TPSA) is 75.4 Å². The molecule has 20 heavy (non-hydrogen) atoms. The largest absolute Gasteiger partial charge is 0.397 e. The Morgan fingerprint density at radius 3 is 2.50 bits per heavy atom. The van der Waals surface area contributed by atoms with E-state index >= 15 is 0 Å². The third-order valence-corrected chi connectivity index (χ3v) is 3.70. The summed E-state index contributed by atoms with van der Waals surface area (Å²) in [7, 11) is 1.67. The quantitative estimate of drug-likeness (QED) is 0.836. The molecule has 0 aromatic heterocycles.